The van der Waals surface area contributed by atoms with E-state index in [1.807, 2.05) is 36.4 Å². The van der Waals surface area contributed by atoms with Crippen LogP contribution in [0.4, 0.5) is 0 Å². The smallest absolute Gasteiger partial charge is 0.119 e. The van der Waals surface area contributed by atoms with Crippen LogP contribution in [-0.4, -0.2) is 13.7 Å². The quantitative estimate of drug-likeness (QED) is 0.815. The minimum absolute atomic E-state index is 0.244. The molecule has 0 aliphatic rings. The van der Waals surface area contributed by atoms with Crippen molar-refractivity contribution in [2.75, 3.05) is 13.7 Å². The Bertz CT molecular complexity index is 679. The number of methoxy groups -OCH3 is 1. The highest BCUT2D eigenvalue weighted by atomic mass is 16.5. The van der Waals surface area contributed by atoms with Crippen LogP contribution in [0.5, 0.6) is 11.5 Å². The maximum Gasteiger partial charge on any atom is 0.119 e. The maximum absolute atomic E-state index is 9.28. The highest BCUT2D eigenvalue weighted by molar-refractivity contribution is 5.35. The molecule has 0 aromatic heterocycles. The molecule has 0 spiro atoms. The second-order valence-corrected chi connectivity index (χ2v) is 4.73. The van der Waals surface area contributed by atoms with Gasteiger partial charge in [0.05, 0.1) is 37.3 Å². The molecule has 0 saturated heterocycles. The summed E-state index contributed by atoms with van der Waals surface area (Å²) in [4.78, 5) is 0. The number of rotatable bonds is 6. The van der Waals surface area contributed by atoms with E-state index in [0.29, 0.717) is 18.6 Å². The zero-order chi connectivity index (χ0) is 15.8. The van der Waals surface area contributed by atoms with Crippen LogP contribution in [0.15, 0.2) is 48.5 Å². The van der Waals surface area contributed by atoms with Gasteiger partial charge in [-0.05, 0) is 42.0 Å². The average molecular weight is 292 g/mol. The van der Waals surface area contributed by atoms with E-state index >= 15 is 0 Å². The van der Waals surface area contributed by atoms with Gasteiger partial charge in [-0.15, -0.1) is 0 Å². The van der Waals surface area contributed by atoms with Gasteiger partial charge in [0.15, 0.2) is 0 Å². The summed E-state index contributed by atoms with van der Waals surface area (Å²) in [5, 5.41) is 18.1. The van der Waals surface area contributed by atoms with Crippen LogP contribution in [0.2, 0.25) is 0 Å². The SMILES string of the molecule is COc1ccc(OCCC(C#N)c2ccc(C#N)cc2)cc1. The lowest BCUT2D eigenvalue weighted by molar-refractivity contribution is 0.305. The van der Waals surface area contributed by atoms with E-state index < -0.39 is 0 Å². The van der Waals surface area contributed by atoms with Gasteiger partial charge in [-0.1, -0.05) is 12.1 Å². The van der Waals surface area contributed by atoms with E-state index in [2.05, 4.69) is 12.1 Å². The Morgan fingerprint density at radius 2 is 1.59 bits per heavy atom. The van der Waals surface area contributed by atoms with Crippen LogP contribution in [0.3, 0.4) is 0 Å². The Kier molecular flexibility index (Phi) is 5.40. The summed E-state index contributed by atoms with van der Waals surface area (Å²) in [5.74, 6) is 1.28. The first kappa shape index (κ1) is 15.4. The fraction of sp³-hybridized carbons (Fsp3) is 0.222. The molecule has 0 N–H and O–H groups in total. The molecule has 0 bridgehead atoms. The predicted octanol–water partition coefficient (Wildman–Crippen LogP) is 3.64. The molecule has 1 unspecified atom stereocenters. The lowest BCUT2D eigenvalue weighted by atomic mass is 9.97. The summed E-state index contributed by atoms with van der Waals surface area (Å²) in [6.45, 7) is 0.449. The molecule has 0 fully saturated rings. The van der Waals surface area contributed by atoms with Crippen LogP contribution >= 0.6 is 0 Å². The molecule has 110 valence electrons. The summed E-state index contributed by atoms with van der Waals surface area (Å²) in [6, 6.07) is 18.8. The zero-order valence-corrected chi connectivity index (χ0v) is 12.3. The van der Waals surface area contributed by atoms with Gasteiger partial charge in [0.25, 0.3) is 0 Å². The average Bonchev–Trinajstić information content (AvgIpc) is 2.59. The van der Waals surface area contributed by atoms with Gasteiger partial charge >= 0.3 is 0 Å². The minimum Gasteiger partial charge on any atom is -0.497 e. The van der Waals surface area contributed by atoms with Crippen LogP contribution < -0.4 is 9.47 Å². The second kappa shape index (κ2) is 7.71. The van der Waals surface area contributed by atoms with Gasteiger partial charge in [-0.3, -0.25) is 0 Å². The summed E-state index contributed by atoms with van der Waals surface area (Å²) in [7, 11) is 1.62. The van der Waals surface area contributed by atoms with E-state index in [1.165, 1.54) is 0 Å². The number of nitriles is 2. The van der Waals surface area contributed by atoms with Crippen molar-refractivity contribution in [2.45, 2.75) is 12.3 Å². The topological polar surface area (TPSA) is 66.0 Å². The molecule has 0 heterocycles. The lowest BCUT2D eigenvalue weighted by Gasteiger charge is -2.11. The van der Waals surface area contributed by atoms with Gasteiger partial charge in [0.1, 0.15) is 11.5 Å². The van der Waals surface area contributed by atoms with Crippen LogP contribution in [0, 0.1) is 22.7 Å². The van der Waals surface area contributed by atoms with Crippen molar-refractivity contribution in [3.8, 4) is 23.6 Å². The van der Waals surface area contributed by atoms with Crippen LogP contribution in [0.25, 0.3) is 0 Å². The molecule has 22 heavy (non-hydrogen) atoms. The van der Waals surface area contributed by atoms with Crippen molar-refractivity contribution < 1.29 is 9.47 Å². The molecule has 0 radical (unpaired) electrons. The first-order chi connectivity index (χ1) is 10.8. The summed E-state index contributed by atoms with van der Waals surface area (Å²) in [6.07, 6.45) is 0.592. The number of ether oxygens (including phenoxy) is 2. The third-order valence-electron chi connectivity index (χ3n) is 3.33. The van der Waals surface area contributed by atoms with Gasteiger partial charge in [0, 0.05) is 6.42 Å². The molecule has 0 aliphatic carbocycles. The third-order valence-corrected chi connectivity index (χ3v) is 3.33. The Morgan fingerprint density at radius 3 is 2.14 bits per heavy atom. The second-order valence-electron chi connectivity index (χ2n) is 4.73. The predicted molar refractivity (Wildman–Crippen MR) is 82.6 cm³/mol. The molecule has 2 aromatic rings. The molecule has 0 aliphatic heterocycles. The van der Waals surface area contributed by atoms with Gasteiger partial charge in [-0.25, -0.2) is 0 Å². The highest BCUT2D eigenvalue weighted by Gasteiger charge is 2.10. The molecule has 4 heteroatoms. The highest BCUT2D eigenvalue weighted by Crippen LogP contribution is 2.21. The Balaban J connectivity index is 1.90. The van der Waals surface area contributed by atoms with E-state index in [1.54, 1.807) is 19.2 Å². The third kappa shape index (κ3) is 4.01. The summed E-state index contributed by atoms with van der Waals surface area (Å²) >= 11 is 0. The lowest BCUT2D eigenvalue weighted by Crippen LogP contribution is -2.04. The van der Waals surface area contributed by atoms with Crippen LogP contribution in [0.1, 0.15) is 23.5 Å². The first-order valence-electron chi connectivity index (χ1n) is 6.93. The molecule has 0 saturated carbocycles. The van der Waals surface area contributed by atoms with Crippen molar-refractivity contribution in [1.29, 1.82) is 10.5 Å². The van der Waals surface area contributed by atoms with Crippen molar-refractivity contribution in [2.24, 2.45) is 0 Å². The van der Waals surface area contributed by atoms with Crippen molar-refractivity contribution in [1.82, 2.24) is 0 Å². The Morgan fingerprint density at radius 1 is 0.955 bits per heavy atom. The molecular formula is C18H16N2O2. The fourth-order valence-corrected chi connectivity index (χ4v) is 2.06. The number of nitrogens with zero attached hydrogens (tertiary/aromatic N) is 2. The molecule has 4 nitrogen and oxygen atoms in total. The summed E-state index contributed by atoms with van der Waals surface area (Å²) < 4.78 is 10.7. The maximum atomic E-state index is 9.28. The van der Waals surface area contributed by atoms with Crippen molar-refractivity contribution >= 4 is 0 Å². The van der Waals surface area contributed by atoms with Crippen molar-refractivity contribution in [3.63, 3.8) is 0 Å². The largest absolute Gasteiger partial charge is 0.497 e. The molecule has 2 rings (SSSR count). The molecule has 0 amide bonds. The van der Waals surface area contributed by atoms with Gasteiger partial charge < -0.3 is 9.47 Å². The summed E-state index contributed by atoms with van der Waals surface area (Å²) in [5.41, 5.74) is 1.50. The van der Waals surface area contributed by atoms with E-state index in [9.17, 15) is 5.26 Å². The molecule has 1 atom stereocenters. The van der Waals surface area contributed by atoms with Crippen LogP contribution in [-0.2, 0) is 0 Å². The zero-order valence-electron chi connectivity index (χ0n) is 12.3. The first-order valence-corrected chi connectivity index (χ1v) is 6.93. The monoisotopic (exact) mass is 292 g/mol. The molecule has 2 aromatic carbocycles. The minimum atomic E-state index is -0.244. The van der Waals surface area contributed by atoms with E-state index in [0.717, 1.165) is 17.1 Å². The Labute approximate surface area is 130 Å². The number of hydrogen-bond acceptors (Lipinski definition) is 4. The number of hydrogen-bond donors (Lipinski definition) is 0. The van der Waals surface area contributed by atoms with E-state index in [4.69, 9.17) is 14.7 Å². The fourth-order valence-electron chi connectivity index (χ4n) is 2.06. The van der Waals surface area contributed by atoms with E-state index in [-0.39, 0.29) is 5.92 Å². The normalized spacial score (nSPS) is 11.0. The van der Waals surface area contributed by atoms with Crippen molar-refractivity contribution in [3.05, 3.63) is 59.7 Å². The van der Waals surface area contributed by atoms with Gasteiger partial charge in [-0.2, -0.15) is 10.5 Å². The standard InChI is InChI=1S/C18H16N2O2/c1-21-17-6-8-18(9-7-17)22-11-10-16(13-20)15-4-2-14(12-19)3-5-15/h2-9,16H,10-11H2,1H3. The molecular weight excluding hydrogens is 276 g/mol. The van der Waals surface area contributed by atoms with Gasteiger partial charge in [0.2, 0.25) is 0 Å². The Hall–Kier alpha value is -2.98. The number of benzene rings is 2.